The molecule has 0 aliphatic carbocycles. The van der Waals surface area contributed by atoms with Crippen molar-refractivity contribution in [3.63, 3.8) is 0 Å². The van der Waals surface area contributed by atoms with E-state index in [1.165, 1.54) is 0 Å². The molecule has 148 valence electrons. The Hall–Kier alpha value is -2.66. The molecule has 0 saturated carbocycles. The van der Waals surface area contributed by atoms with Crippen molar-refractivity contribution in [3.8, 4) is 0 Å². The first-order valence-electron chi connectivity index (χ1n) is 9.97. The summed E-state index contributed by atoms with van der Waals surface area (Å²) >= 11 is 1.57. The molecule has 2 aromatic carbocycles. The molecule has 0 amide bonds. The van der Waals surface area contributed by atoms with Gasteiger partial charge in [0.05, 0.1) is 23.3 Å². The Morgan fingerprint density at radius 2 is 1.79 bits per heavy atom. The predicted octanol–water partition coefficient (Wildman–Crippen LogP) is 5.65. The van der Waals surface area contributed by atoms with Gasteiger partial charge in [-0.15, -0.1) is 11.8 Å². The zero-order valence-electron chi connectivity index (χ0n) is 16.3. The van der Waals surface area contributed by atoms with Gasteiger partial charge in [-0.25, -0.2) is 0 Å². The summed E-state index contributed by atoms with van der Waals surface area (Å²) in [6, 6.07) is 20.3. The van der Waals surface area contributed by atoms with Crippen molar-refractivity contribution in [3.05, 3.63) is 73.1 Å². The second-order valence-electron chi connectivity index (χ2n) is 7.07. The maximum atomic E-state index is 12.8. The predicted molar refractivity (Wildman–Crippen MR) is 117 cm³/mol. The van der Waals surface area contributed by atoms with Crippen LogP contribution in [0.2, 0.25) is 0 Å². The number of nitrogens with zero attached hydrogens (tertiary/aromatic N) is 2. The van der Waals surface area contributed by atoms with Gasteiger partial charge in [0.25, 0.3) is 0 Å². The van der Waals surface area contributed by atoms with Gasteiger partial charge in [-0.1, -0.05) is 30.3 Å². The summed E-state index contributed by atoms with van der Waals surface area (Å²) in [5.74, 6) is 0.451. The minimum absolute atomic E-state index is 0.0724. The number of fused-ring (bicyclic) bond motifs is 2. The number of hydrogen-bond donors (Lipinski definition) is 0. The number of aryl methyl sites for hydroxylation is 1. The lowest BCUT2D eigenvalue weighted by molar-refractivity contribution is -0.672. The van der Waals surface area contributed by atoms with Crippen LogP contribution in [0.25, 0.3) is 21.8 Å². The summed E-state index contributed by atoms with van der Waals surface area (Å²) < 4.78 is 16.3. The third kappa shape index (κ3) is 4.35. The molecule has 5 heteroatoms. The fourth-order valence-electron chi connectivity index (χ4n) is 3.64. The smallest absolute Gasteiger partial charge is 0.241 e. The molecule has 0 fully saturated rings. The molecule has 0 aliphatic heterocycles. The zero-order valence-corrected chi connectivity index (χ0v) is 17.1. The number of aromatic nitrogens is 2. The lowest BCUT2D eigenvalue weighted by Gasteiger charge is -2.08. The summed E-state index contributed by atoms with van der Waals surface area (Å²) in [5, 5.41) is 2.22. The van der Waals surface area contributed by atoms with Crippen LogP contribution < -0.4 is 4.57 Å². The summed E-state index contributed by atoms with van der Waals surface area (Å²) in [6.07, 6.45) is 6.41. The van der Waals surface area contributed by atoms with E-state index in [4.69, 9.17) is 0 Å². The van der Waals surface area contributed by atoms with Crippen LogP contribution in [0.15, 0.2) is 78.0 Å². The SMILES string of the molecule is O=C(CSc1cc[n+](CCCCCF)c2ccccc12)n1ccc2ccccc21. The Morgan fingerprint density at radius 1 is 0.966 bits per heavy atom. The molecule has 0 bridgehead atoms. The van der Waals surface area contributed by atoms with Crippen LogP contribution in [0.1, 0.15) is 24.1 Å². The molecule has 0 N–H and O–H groups in total. The van der Waals surface area contributed by atoms with Crippen LogP contribution in [0, 0.1) is 0 Å². The zero-order chi connectivity index (χ0) is 20.1. The number of rotatable bonds is 8. The van der Waals surface area contributed by atoms with E-state index in [0.717, 1.165) is 46.1 Å². The molecule has 0 radical (unpaired) electrons. The number of unbranched alkanes of at least 4 members (excludes halogenated alkanes) is 2. The topological polar surface area (TPSA) is 25.9 Å². The van der Waals surface area contributed by atoms with E-state index in [0.29, 0.717) is 12.2 Å². The minimum Gasteiger partial charge on any atom is -0.287 e. The van der Waals surface area contributed by atoms with Crippen LogP contribution in [0.5, 0.6) is 0 Å². The molecule has 3 nitrogen and oxygen atoms in total. The minimum atomic E-state index is -0.244. The number of pyridine rings is 1. The lowest BCUT2D eigenvalue weighted by atomic mass is 10.2. The van der Waals surface area contributed by atoms with Crippen LogP contribution in [0.4, 0.5) is 4.39 Å². The standard InChI is InChI=1S/C24H24FN2OS/c25-14-6-1-7-15-26-16-13-23(20-9-3-5-11-22(20)26)29-18-24(28)27-17-12-19-8-2-4-10-21(19)27/h2-5,8-13,16-17H,1,6-7,14-15,18H2/q+1. The van der Waals surface area contributed by atoms with Crippen LogP contribution in [0.3, 0.4) is 0 Å². The Bertz CT molecular complexity index is 1140. The second-order valence-corrected chi connectivity index (χ2v) is 8.08. The van der Waals surface area contributed by atoms with Gasteiger partial charge in [-0.3, -0.25) is 13.8 Å². The maximum Gasteiger partial charge on any atom is 0.241 e. The van der Waals surface area contributed by atoms with E-state index < -0.39 is 0 Å². The summed E-state index contributed by atoms with van der Waals surface area (Å²) in [5.41, 5.74) is 2.10. The molecular formula is C24H24FN2OS+. The highest BCUT2D eigenvalue weighted by Gasteiger charge is 2.15. The largest absolute Gasteiger partial charge is 0.287 e. The number of halogens is 1. The number of para-hydroxylation sites is 2. The molecule has 2 heterocycles. The summed E-state index contributed by atoms with van der Waals surface area (Å²) in [7, 11) is 0. The second kappa shape index (κ2) is 9.23. The Labute approximate surface area is 174 Å². The first kappa shape index (κ1) is 19.6. The molecule has 0 spiro atoms. The van der Waals surface area contributed by atoms with E-state index in [-0.39, 0.29) is 12.6 Å². The molecular weight excluding hydrogens is 383 g/mol. The Kier molecular flexibility index (Phi) is 6.25. The first-order valence-corrected chi connectivity index (χ1v) is 11.0. The van der Waals surface area contributed by atoms with Crippen molar-refractivity contribution in [2.24, 2.45) is 0 Å². The average Bonchev–Trinajstić information content (AvgIpc) is 3.20. The number of benzene rings is 2. The van der Waals surface area contributed by atoms with Crippen molar-refractivity contribution in [2.75, 3.05) is 12.4 Å². The maximum absolute atomic E-state index is 12.8. The van der Waals surface area contributed by atoms with Gasteiger partial charge < -0.3 is 0 Å². The molecule has 2 aromatic heterocycles. The highest BCUT2D eigenvalue weighted by atomic mass is 32.2. The highest BCUT2D eigenvalue weighted by molar-refractivity contribution is 8.00. The van der Waals surface area contributed by atoms with Crippen LogP contribution >= 0.6 is 11.8 Å². The van der Waals surface area contributed by atoms with Crippen molar-refractivity contribution in [1.29, 1.82) is 0 Å². The van der Waals surface area contributed by atoms with Gasteiger partial charge in [0.15, 0.2) is 6.20 Å². The molecule has 29 heavy (non-hydrogen) atoms. The average molecular weight is 408 g/mol. The van der Waals surface area contributed by atoms with E-state index >= 15 is 0 Å². The van der Waals surface area contributed by atoms with E-state index in [9.17, 15) is 9.18 Å². The highest BCUT2D eigenvalue weighted by Crippen LogP contribution is 2.27. The van der Waals surface area contributed by atoms with E-state index in [1.54, 1.807) is 16.3 Å². The van der Waals surface area contributed by atoms with Crippen LogP contribution in [-0.4, -0.2) is 22.9 Å². The van der Waals surface area contributed by atoms with Crippen molar-refractivity contribution in [1.82, 2.24) is 4.57 Å². The van der Waals surface area contributed by atoms with Gasteiger partial charge >= 0.3 is 0 Å². The molecule has 4 rings (SSSR count). The van der Waals surface area contributed by atoms with Crippen molar-refractivity contribution in [2.45, 2.75) is 30.7 Å². The Balaban J connectivity index is 1.51. The van der Waals surface area contributed by atoms with Gasteiger partial charge in [0.2, 0.25) is 11.4 Å². The van der Waals surface area contributed by atoms with Gasteiger partial charge in [0, 0.05) is 35.0 Å². The summed E-state index contributed by atoms with van der Waals surface area (Å²) in [6.45, 7) is 0.630. The van der Waals surface area contributed by atoms with E-state index in [2.05, 4.69) is 29.0 Å². The normalized spacial score (nSPS) is 11.3. The number of alkyl halides is 1. The molecule has 0 atom stereocenters. The number of carbonyl (C=O) groups excluding carboxylic acids is 1. The monoisotopic (exact) mass is 407 g/mol. The van der Waals surface area contributed by atoms with Crippen molar-refractivity contribution >= 4 is 39.5 Å². The number of thioether (sulfide) groups is 1. The van der Waals surface area contributed by atoms with Gasteiger partial charge in [-0.05, 0) is 31.0 Å². The van der Waals surface area contributed by atoms with Gasteiger partial charge in [-0.2, -0.15) is 4.57 Å². The van der Waals surface area contributed by atoms with Crippen molar-refractivity contribution < 1.29 is 13.8 Å². The first-order chi connectivity index (χ1) is 14.3. The third-order valence-electron chi connectivity index (χ3n) is 5.14. The quantitative estimate of drug-likeness (QED) is 0.214. The van der Waals surface area contributed by atoms with E-state index in [1.807, 2.05) is 48.7 Å². The molecule has 0 unspecified atom stereocenters. The Morgan fingerprint density at radius 3 is 2.69 bits per heavy atom. The molecule has 0 aliphatic rings. The third-order valence-corrected chi connectivity index (χ3v) is 6.20. The fourth-order valence-corrected chi connectivity index (χ4v) is 4.55. The molecule has 0 saturated heterocycles. The summed E-state index contributed by atoms with van der Waals surface area (Å²) in [4.78, 5) is 13.9. The van der Waals surface area contributed by atoms with Crippen LogP contribution in [-0.2, 0) is 6.54 Å². The number of hydrogen-bond acceptors (Lipinski definition) is 2. The molecule has 4 aromatic rings. The number of carbonyl (C=O) groups is 1. The lowest BCUT2D eigenvalue weighted by Crippen LogP contribution is -2.34. The fraction of sp³-hybridized carbons (Fsp3) is 0.250. The van der Waals surface area contributed by atoms with Gasteiger partial charge in [0.1, 0.15) is 6.54 Å².